The second-order valence-electron chi connectivity index (χ2n) is 4.81. The van der Waals surface area contributed by atoms with E-state index in [2.05, 4.69) is 13.0 Å². The second-order valence-corrected chi connectivity index (χ2v) is 6.12. The lowest BCUT2D eigenvalue weighted by Gasteiger charge is -2.26. The largest absolute Gasteiger partial charge is 0.365 e. The van der Waals surface area contributed by atoms with Crippen LogP contribution in [0.15, 0.2) is 23.1 Å². The number of nitrogens with two attached hydrogens (primary N) is 1. The van der Waals surface area contributed by atoms with Gasteiger partial charge in [-0.25, -0.2) is 0 Å². The molecule has 0 radical (unpaired) electrons. The van der Waals surface area contributed by atoms with Crippen LogP contribution in [0, 0.1) is 0 Å². The molecule has 1 rings (SSSR count). The van der Waals surface area contributed by atoms with Gasteiger partial charge in [0, 0.05) is 42.8 Å². The number of nitrogens with zero attached hydrogens (tertiary/aromatic N) is 2. The minimum Gasteiger partial charge on any atom is -0.365 e. The summed E-state index contributed by atoms with van der Waals surface area (Å²) in [6, 6.07) is 6.17. The molecule has 1 amide bonds. The molecular weight excluding hydrogens is 282 g/mol. The fourth-order valence-corrected chi connectivity index (χ4v) is 3.22. The first-order valence-electron chi connectivity index (χ1n) is 7.52. The summed E-state index contributed by atoms with van der Waals surface area (Å²) >= 11 is 1.79. The summed E-state index contributed by atoms with van der Waals surface area (Å²) in [5.74, 6) is 1.16. The van der Waals surface area contributed by atoms with Crippen LogP contribution in [0.4, 0.5) is 5.69 Å². The molecule has 0 atom stereocenters. The fraction of sp³-hybridized carbons (Fsp3) is 0.562. The van der Waals surface area contributed by atoms with Crippen molar-refractivity contribution < 1.29 is 4.79 Å². The van der Waals surface area contributed by atoms with Gasteiger partial charge in [-0.2, -0.15) is 0 Å². The predicted octanol–water partition coefficient (Wildman–Crippen LogP) is 2.56. The molecule has 0 fully saturated rings. The maximum atomic E-state index is 12.2. The molecule has 118 valence electrons. The third-order valence-electron chi connectivity index (χ3n) is 3.51. The number of hydrogen-bond acceptors (Lipinski definition) is 4. The molecule has 21 heavy (non-hydrogen) atoms. The van der Waals surface area contributed by atoms with E-state index < -0.39 is 0 Å². The van der Waals surface area contributed by atoms with Gasteiger partial charge in [-0.1, -0.05) is 13.0 Å². The van der Waals surface area contributed by atoms with Crippen molar-refractivity contribution in [2.24, 2.45) is 5.73 Å². The van der Waals surface area contributed by atoms with Crippen molar-refractivity contribution in [3.05, 3.63) is 23.8 Å². The molecular formula is C16H27N3OS. The highest BCUT2D eigenvalue weighted by Crippen LogP contribution is 2.30. The highest BCUT2D eigenvalue weighted by atomic mass is 32.2. The summed E-state index contributed by atoms with van der Waals surface area (Å²) in [7, 11) is 1.95. The fourth-order valence-electron chi connectivity index (χ4n) is 2.37. The van der Waals surface area contributed by atoms with Crippen LogP contribution in [0.2, 0.25) is 0 Å². The lowest BCUT2D eigenvalue weighted by Crippen LogP contribution is -2.39. The second kappa shape index (κ2) is 8.95. The van der Waals surface area contributed by atoms with Gasteiger partial charge < -0.3 is 15.5 Å². The smallest absolute Gasteiger partial charge is 0.242 e. The highest BCUT2D eigenvalue weighted by Gasteiger charge is 2.16. The standard InChI is InChI=1S/C16H27N3OS/c1-5-19(6-2)16(20)12-18(4)14-9-8-10-15(21-7-3)13(14)11-17/h8-10H,5-7,11-12,17H2,1-4H3. The van der Waals surface area contributed by atoms with E-state index in [1.807, 2.05) is 42.8 Å². The van der Waals surface area contributed by atoms with Gasteiger partial charge in [-0.05, 0) is 31.7 Å². The van der Waals surface area contributed by atoms with Gasteiger partial charge in [-0.3, -0.25) is 4.79 Å². The number of anilines is 1. The first-order valence-corrected chi connectivity index (χ1v) is 8.51. The van der Waals surface area contributed by atoms with E-state index in [1.54, 1.807) is 11.8 Å². The Morgan fingerprint density at radius 3 is 2.43 bits per heavy atom. The molecule has 0 saturated carbocycles. The average molecular weight is 309 g/mol. The van der Waals surface area contributed by atoms with Crippen molar-refractivity contribution in [1.82, 2.24) is 4.90 Å². The van der Waals surface area contributed by atoms with Crippen LogP contribution in [0.5, 0.6) is 0 Å². The molecule has 0 aliphatic carbocycles. The van der Waals surface area contributed by atoms with E-state index in [1.165, 1.54) is 4.90 Å². The number of carbonyl (C=O) groups is 1. The lowest BCUT2D eigenvalue weighted by molar-refractivity contribution is -0.129. The van der Waals surface area contributed by atoms with Crippen LogP contribution >= 0.6 is 11.8 Å². The average Bonchev–Trinajstić information content (AvgIpc) is 2.48. The minimum absolute atomic E-state index is 0.152. The van der Waals surface area contributed by atoms with Gasteiger partial charge in [0.25, 0.3) is 0 Å². The normalized spacial score (nSPS) is 10.5. The van der Waals surface area contributed by atoms with Crippen molar-refractivity contribution in [3.8, 4) is 0 Å². The van der Waals surface area contributed by atoms with Crippen LogP contribution in [0.1, 0.15) is 26.3 Å². The number of rotatable bonds is 8. The summed E-state index contributed by atoms with van der Waals surface area (Å²) < 4.78 is 0. The molecule has 4 nitrogen and oxygen atoms in total. The van der Waals surface area contributed by atoms with Crippen molar-refractivity contribution in [3.63, 3.8) is 0 Å². The monoisotopic (exact) mass is 309 g/mol. The molecule has 0 bridgehead atoms. The molecule has 0 heterocycles. The Labute approximate surface area is 132 Å². The Bertz CT molecular complexity index is 461. The molecule has 0 spiro atoms. The minimum atomic E-state index is 0.152. The first-order chi connectivity index (χ1) is 10.1. The van der Waals surface area contributed by atoms with E-state index in [0.717, 1.165) is 30.1 Å². The van der Waals surface area contributed by atoms with E-state index in [-0.39, 0.29) is 5.91 Å². The Morgan fingerprint density at radius 2 is 1.90 bits per heavy atom. The van der Waals surface area contributed by atoms with Gasteiger partial charge >= 0.3 is 0 Å². The van der Waals surface area contributed by atoms with Gasteiger partial charge in [0.2, 0.25) is 5.91 Å². The summed E-state index contributed by atoms with van der Waals surface area (Å²) in [5, 5.41) is 0. The maximum absolute atomic E-state index is 12.2. The van der Waals surface area contributed by atoms with Crippen molar-refractivity contribution in [2.75, 3.05) is 37.3 Å². The van der Waals surface area contributed by atoms with Gasteiger partial charge in [0.15, 0.2) is 0 Å². The van der Waals surface area contributed by atoms with Crippen LogP contribution in [0.25, 0.3) is 0 Å². The third-order valence-corrected chi connectivity index (χ3v) is 4.49. The van der Waals surface area contributed by atoms with Crippen molar-refractivity contribution in [2.45, 2.75) is 32.2 Å². The van der Waals surface area contributed by atoms with Gasteiger partial charge in [0.05, 0.1) is 6.54 Å². The van der Waals surface area contributed by atoms with E-state index in [9.17, 15) is 4.79 Å². The summed E-state index contributed by atoms with van der Waals surface area (Å²) in [6.45, 7) is 8.51. The molecule has 0 aromatic heterocycles. The third kappa shape index (κ3) is 4.64. The highest BCUT2D eigenvalue weighted by molar-refractivity contribution is 7.99. The lowest BCUT2D eigenvalue weighted by atomic mass is 10.1. The molecule has 1 aromatic carbocycles. The van der Waals surface area contributed by atoms with Crippen molar-refractivity contribution in [1.29, 1.82) is 0 Å². The van der Waals surface area contributed by atoms with E-state index >= 15 is 0 Å². The zero-order valence-electron chi connectivity index (χ0n) is 13.6. The Balaban J connectivity index is 2.94. The summed E-state index contributed by atoms with van der Waals surface area (Å²) in [4.78, 5) is 17.3. The Kier molecular flexibility index (Phi) is 7.61. The number of thioether (sulfide) groups is 1. The van der Waals surface area contributed by atoms with Crippen LogP contribution in [0.3, 0.4) is 0 Å². The molecule has 0 saturated heterocycles. The number of likely N-dealkylation sites (N-methyl/N-ethyl adjacent to an activating group) is 2. The zero-order valence-corrected chi connectivity index (χ0v) is 14.4. The number of benzene rings is 1. The Hall–Kier alpha value is -1.20. The first kappa shape index (κ1) is 17.9. The van der Waals surface area contributed by atoms with Crippen LogP contribution in [-0.2, 0) is 11.3 Å². The molecule has 0 aliphatic heterocycles. The number of hydrogen-bond donors (Lipinski definition) is 1. The predicted molar refractivity (Wildman–Crippen MR) is 91.9 cm³/mol. The molecule has 5 heteroatoms. The van der Waals surface area contributed by atoms with Crippen molar-refractivity contribution >= 4 is 23.4 Å². The summed E-state index contributed by atoms with van der Waals surface area (Å²) in [6.07, 6.45) is 0. The van der Waals surface area contributed by atoms with Gasteiger partial charge in [0.1, 0.15) is 0 Å². The van der Waals surface area contributed by atoms with E-state index in [4.69, 9.17) is 5.73 Å². The molecule has 0 aliphatic rings. The number of amides is 1. The Morgan fingerprint density at radius 1 is 1.24 bits per heavy atom. The molecule has 0 unspecified atom stereocenters. The summed E-state index contributed by atoms with van der Waals surface area (Å²) in [5.41, 5.74) is 8.10. The van der Waals surface area contributed by atoms with Gasteiger partial charge in [-0.15, -0.1) is 11.8 Å². The SMILES string of the molecule is CCSc1cccc(N(C)CC(=O)N(CC)CC)c1CN. The topological polar surface area (TPSA) is 49.6 Å². The quantitative estimate of drug-likeness (QED) is 0.750. The van der Waals surface area contributed by atoms with Crippen LogP contribution < -0.4 is 10.6 Å². The molecule has 2 N–H and O–H groups in total. The number of carbonyl (C=O) groups excluding carboxylic acids is 1. The van der Waals surface area contributed by atoms with Crippen LogP contribution in [-0.4, -0.2) is 43.2 Å². The molecule has 1 aromatic rings. The maximum Gasteiger partial charge on any atom is 0.242 e. The van der Waals surface area contributed by atoms with E-state index in [0.29, 0.717) is 13.1 Å². The zero-order chi connectivity index (χ0) is 15.8.